The number of aromatic carboxylic acids is 1. The maximum Gasteiger partial charge on any atom is 0.335 e. The first-order chi connectivity index (χ1) is 22.8. The minimum absolute atomic E-state index is 0.0146. The van der Waals surface area contributed by atoms with Crippen molar-refractivity contribution in [1.29, 1.82) is 0 Å². The third-order valence-corrected chi connectivity index (χ3v) is 9.22. The molecule has 0 saturated carbocycles. The van der Waals surface area contributed by atoms with Gasteiger partial charge in [-0.05, 0) is 60.2 Å². The number of nitrogens with zero attached hydrogens (tertiary/aromatic N) is 3. The van der Waals surface area contributed by atoms with Crippen molar-refractivity contribution in [3.8, 4) is 16.9 Å². The molecule has 4 aromatic rings. The first-order valence-corrected chi connectivity index (χ1v) is 16.4. The summed E-state index contributed by atoms with van der Waals surface area (Å²) in [6.45, 7) is 4.49. The van der Waals surface area contributed by atoms with Gasteiger partial charge in [-0.2, -0.15) is 0 Å². The lowest BCUT2D eigenvalue weighted by Crippen LogP contribution is -2.38. The van der Waals surface area contributed by atoms with Crippen molar-refractivity contribution in [2.45, 2.75) is 6.42 Å². The van der Waals surface area contributed by atoms with Gasteiger partial charge in [0.15, 0.2) is 0 Å². The summed E-state index contributed by atoms with van der Waals surface area (Å²) in [5.74, 6) is -1.00. The second-order valence-electron chi connectivity index (χ2n) is 11.0. The van der Waals surface area contributed by atoms with E-state index < -0.39 is 5.97 Å². The van der Waals surface area contributed by atoms with Gasteiger partial charge in [-0.15, -0.1) is 0 Å². The number of rotatable bonds is 11. The monoisotopic (exact) mass is 668 g/mol. The number of thioether (sulfide) groups is 1. The molecule has 2 N–H and O–H groups in total. The van der Waals surface area contributed by atoms with Crippen molar-refractivity contribution >= 4 is 68.8 Å². The lowest BCUT2D eigenvalue weighted by Gasteiger charge is -2.26. The van der Waals surface area contributed by atoms with Gasteiger partial charge in [0.25, 0.3) is 5.91 Å². The average molecular weight is 669 g/mol. The number of thiocarbonyl (C=S) groups is 1. The van der Waals surface area contributed by atoms with E-state index in [2.05, 4.69) is 21.3 Å². The maximum absolute atomic E-state index is 13.5. The van der Waals surface area contributed by atoms with Gasteiger partial charge >= 0.3 is 5.97 Å². The molecule has 0 spiro atoms. The number of hydrogen-bond donors (Lipinski definition) is 2. The van der Waals surface area contributed by atoms with E-state index in [1.54, 1.807) is 6.08 Å². The van der Waals surface area contributed by atoms with Crippen molar-refractivity contribution in [2.24, 2.45) is 0 Å². The first kappa shape index (κ1) is 32.3. The lowest BCUT2D eigenvalue weighted by atomic mass is 10.0. The molecule has 2 amide bonds. The Hall–Kier alpha value is -4.62. The van der Waals surface area contributed by atoms with Crippen molar-refractivity contribution in [2.75, 3.05) is 51.3 Å². The van der Waals surface area contributed by atoms with Crippen LogP contribution in [0.15, 0.2) is 83.9 Å². The SMILES string of the molecule is O=C(CCN1C(=O)C(=Cc2cc(-c3cnc4ccccc4c3)ccc2OCCN2CCOCC2)SC1=S)Nc1ccc(C(=O)O)cc1. The Morgan fingerprint density at radius 1 is 1.02 bits per heavy atom. The van der Waals surface area contributed by atoms with E-state index >= 15 is 0 Å². The molecule has 0 aliphatic carbocycles. The highest BCUT2D eigenvalue weighted by atomic mass is 32.2. The maximum atomic E-state index is 13.5. The quantitative estimate of drug-likeness (QED) is 0.156. The highest BCUT2D eigenvalue weighted by Crippen LogP contribution is 2.36. The zero-order valence-electron chi connectivity index (χ0n) is 25.4. The van der Waals surface area contributed by atoms with Crippen molar-refractivity contribution in [3.05, 3.63) is 95.0 Å². The van der Waals surface area contributed by atoms with Crippen LogP contribution in [0, 0.1) is 0 Å². The lowest BCUT2D eigenvalue weighted by molar-refractivity contribution is -0.122. The molecule has 2 fully saturated rings. The van der Waals surface area contributed by atoms with E-state index in [-0.39, 0.29) is 30.3 Å². The Balaban J connectivity index is 1.18. The fourth-order valence-electron chi connectivity index (χ4n) is 5.28. The predicted octanol–water partition coefficient (Wildman–Crippen LogP) is 5.54. The van der Waals surface area contributed by atoms with Gasteiger partial charge in [0.2, 0.25) is 5.91 Å². The normalized spacial score (nSPS) is 16.2. The van der Waals surface area contributed by atoms with Crippen molar-refractivity contribution in [3.63, 3.8) is 0 Å². The number of ether oxygens (including phenoxy) is 2. The Morgan fingerprint density at radius 2 is 1.81 bits per heavy atom. The molecular weight excluding hydrogens is 637 g/mol. The fourth-order valence-corrected chi connectivity index (χ4v) is 6.58. The summed E-state index contributed by atoms with van der Waals surface area (Å²) in [6, 6.07) is 21.8. The summed E-state index contributed by atoms with van der Waals surface area (Å²) in [6.07, 6.45) is 3.65. The molecule has 2 aliphatic rings. The van der Waals surface area contributed by atoms with Crippen LogP contribution in [-0.4, -0.2) is 88.0 Å². The highest BCUT2D eigenvalue weighted by Gasteiger charge is 2.32. The van der Waals surface area contributed by atoms with E-state index in [9.17, 15) is 14.4 Å². The van der Waals surface area contributed by atoms with Gasteiger partial charge in [-0.3, -0.25) is 24.4 Å². The molecular formula is C35H32N4O6S2. The van der Waals surface area contributed by atoms with Crippen LogP contribution in [0.2, 0.25) is 0 Å². The zero-order chi connectivity index (χ0) is 32.8. The van der Waals surface area contributed by atoms with Crippen LogP contribution in [0.4, 0.5) is 5.69 Å². The molecule has 0 bridgehead atoms. The number of aromatic nitrogens is 1. The number of para-hydroxylation sites is 1. The molecule has 2 saturated heterocycles. The van der Waals surface area contributed by atoms with Crippen LogP contribution >= 0.6 is 24.0 Å². The first-order valence-electron chi connectivity index (χ1n) is 15.1. The Bertz CT molecular complexity index is 1860. The number of pyridine rings is 1. The third-order valence-electron chi connectivity index (χ3n) is 7.84. The van der Waals surface area contributed by atoms with Crippen LogP contribution in [0.3, 0.4) is 0 Å². The minimum Gasteiger partial charge on any atom is -0.492 e. The topological polar surface area (TPSA) is 121 Å². The van der Waals surface area contributed by atoms with E-state index in [4.69, 9.17) is 26.8 Å². The molecule has 1 aromatic heterocycles. The van der Waals surface area contributed by atoms with Gasteiger partial charge in [-0.25, -0.2) is 4.79 Å². The molecule has 47 heavy (non-hydrogen) atoms. The number of amides is 2. The molecule has 12 heteroatoms. The van der Waals surface area contributed by atoms with E-state index in [1.165, 1.54) is 40.9 Å². The highest BCUT2D eigenvalue weighted by molar-refractivity contribution is 8.26. The molecule has 2 aliphatic heterocycles. The zero-order valence-corrected chi connectivity index (χ0v) is 27.0. The standard InChI is InChI=1S/C35H32N4O6S2/c40-32(37-28-8-5-23(6-9-28)34(42)43)11-12-39-33(41)31(47-35(39)46)21-26-19-24(27-20-25-3-1-2-4-29(25)36-22-27)7-10-30(26)45-18-15-38-13-16-44-17-14-38/h1-10,19-22H,11-18H2,(H,37,40)(H,42,43). The number of carbonyl (C=O) groups is 3. The van der Waals surface area contributed by atoms with Gasteiger partial charge in [0, 0.05) is 61.0 Å². The Morgan fingerprint density at radius 3 is 2.60 bits per heavy atom. The number of carbonyl (C=O) groups excluding carboxylic acids is 2. The van der Waals surface area contributed by atoms with E-state index in [1.807, 2.05) is 48.7 Å². The smallest absolute Gasteiger partial charge is 0.335 e. The van der Waals surface area contributed by atoms with Crippen LogP contribution in [0.5, 0.6) is 5.75 Å². The summed E-state index contributed by atoms with van der Waals surface area (Å²) in [5.41, 5.74) is 4.10. The van der Waals surface area contributed by atoms with Crippen molar-refractivity contribution < 1.29 is 29.0 Å². The average Bonchev–Trinajstić information content (AvgIpc) is 3.35. The largest absolute Gasteiger partial charge is 0.492 e. The summed E-state index contributed by atoms with van der Waals surface area (Å²) in [7, 11) is 0. The molecule has 0 atom stereocenters. The summed E-state index contributed by atoms with van der Waals surface area (Å²) in [4.78, 5) is 46.0. The number of carboxylic acid groups (broad SMARTS) is 1. The minimum atomic E-state index is -1.05. The summed E-state index contributed by atoms with van der Waals surface area (Å²) in [5, 5.41) is 12.8. The molecule has 3 aromatic carbocycles. The third kappa shape index (κ3) is 8.03. The molecule has 240 valence electrons. The van der Waals surface area contributed by atoms with Gasteiger partial charge in [0.1, 0.15) is 16.7 Å². The second kappa shape index (κ2) is 14.9. The Labute approximate surface area is 281 Å². The number of nitrogens with one attached hydrogen (secondary N) is 1. The van der Waals surface area contributed by atoms with E-state index in [0.717, 1.165) is 47.2 Å². The molecule has 0 radical (unpaired) electrons. The molecule has 10 nitrogen and oxygen atoms in total. The number of carboxylic acids is 1. The molecule has 3 heterocycles. The molecule has 0 unspecified atom stereocenters. The predicted molar refractivity (Wildman–Crippen MR) is 186 cm³/mol. The van der Waals surface area contributed by atoms with Crippen LogP contribution in [-0.2, 0) is 14.3 Å². The van der Waals surface area contributed by atoms with Gasteiger partial charge < -0.3 is 19.9 Å². The number of fused-ring (bicyclic) bond motifs is 1. The number of morpholine rings is 1. The number of hydrogen-bond acceptors (Lipinski definition) is 9. The fraction of sp³-hybridized carbons (Fsp3) is 0.229. The van der Waals surface area contributed by atoms with Crippen LogP contribution < -0.4 is 10.1 Å². The van der Waals surface area contributed by atoms with Crippen LogP contribution in [0.1, 0.15) is 22.3 Å². The summed E-state index contributed by atoms with van der Waals surface area (Å²) >= 11 is 6.73. The summed E-state index contributed by atoms with van der Waals surface area (Å²) < 4.78 is 12.1. The second-order valence-corrected chi connectivity index (χ2v) is 12.7. The number of benzene rings is 3. The van der Waals surface area contributed by atoms with Crippen LogP contribution in [0.25, 0.3) is 28.1 Å². The molecule has 6 rings (SSSR count). The number of anilines is 1. The van der Waals surface area contributed by atoms with E-state index in [0.29, 0.717) is 40.5 Å². The van der Waals surface area contributed by atoms with Crippen molar-refractivity contribution in [1.82, 2.24) is 14.8 Å². The van der Waals surface area contributed by atoms with Gasteiger partial charge in [0.05, 0.1) is 29.2 Å². The van der Waals surface area contributed by atoms with Gasteiger partial charge in [-0.1, -0.05) is 48.2 Å². The Kier molecular flexibility index (Phi) is 10.2.